The fourth-order valence-corrected chi connectivity index (χ4v) is 1.03. The second-order valence-electron chi connectivity index (χ2n) is 2.21. The molecule has 0 radical (unpaired) electrons. The van der Waals surface area contributed by atoms with E-state index in [4.69, 9.17) is 0 Å². The maximum atomic E-state index is 10.6. The van der Waals surface area contributed by atoms with Gasteiger partial charge in [0.15, 0.2) is 0 Å². The fourth-order valence-electron chi connectivity index (χ4n) is 1.03. The van der Waals surface area contributed by atoms with Gasteiger partial charge in [-0.1, -0.05) is 27.7 Å². The Hall–Kier alpha value is -0.530. The van der Waals surface area contributed by atoms with Crippen LogP contribution in [0.1, 0.15) is 47.5 Å². The van der Waals surface area contributed by atoms with Crippen LogP contribution in [0.25, 0.3) is 0 Å². The van der Waals surface area contributed by atoms with Gasteiger partial charge in [0, 0.05) is 20.0 Å². The number of carbonyl (C=O) groups excluding carboxylic acids is 1. The van der Waals surface area contributed by atoms with Crippen LogP contribution in [-0.2, 0) is 4.79 Å². The molecule has 0 atom stereocenters. The number of likely N-dealkylation sites (tertiary alicyclic amines) is 1. The molecule has 1 aliphatic rings. The first-order chi connectivity index (χ1) is 5.80. The maximum absolute atomic E-state index is 10.6. The van der Waals surface area contributed by atoms with Gasteiger partial charge >= 0.3 is 0 Å². The summed E-state index contributed by atoms with van der Waals surface area (Å²) < 4.78 is 0. The second-order valence-corrected chi connectivity index (χ2v) is 2.21. The molecule has 0 N–H and O–H groups in total. The molecule has 0 aromatic rings. The van der Waals surface area contributed by atoms with Crippen molar-refractivity contribution >= 4 is 5.91 Å². The Kier molecular flexibility index (Phi) is 12.2. The summed E-state index contributed by atoms with van der Waals surface area (Å²) in [6.07, 6.45) is 2.39. The molecule has 0 bridgehead atoms. The third kappa shape index (κ3) is 6.20. The third-order valence-corrected chi connectivity index (χ3v) is 1.55. The van der Waals surface area contributed by atoms with Gasteiger partial charge in [0.1, 0.15) is 0 Å². The van der Waals surface area contributed by atoms with E-state index in [0.717, 1.165) is 13.1 Å². The predicted molar refractivity (Wildman–Crippen MR) is 54.2 cm³/mol. The van der Waals surface area contributed by atoms with E-state index in [1.54, 1.807) is 6.92 Å². The molecule has 12 heavy (non-hydrogen) atoms. The van der Waals surface area contributed by atoms with Crippen LogP contribution in [0.15, 0.2) is 0 Å². The summed E-state index contributed by atoms with van der Waals surface area (Å²) in [7, 11) is 0. The van der Waals surface area contributed by atoms with Crippen LogP contribution >= 0.6 is 0 Å². The SMILES string of the molecule is CC.CC.CC(=O)N1CCCC1. The maximum Gasteiger partial charge on any atom is 0.219 e. The monoisotopic (exact) mass is 173 g/mol. The average Bonchev–Trinajstić information content (AvgIpc) is 2.64. The number of hydrogen-bond acceptors (Lipinski definition) is 1. The molecule has 1 fully saturated rings. The number of hydrogen-bond donors (Lipinski definition) is 0. The molecule has 0 spiro atoms. The lowest BCUT2D eigenvalue weighted by Gasteiger charge is -2.10. The van der Waals surface area contributed by atoms with E-state index in [1.165, 1.54) is 12.8 Å². The second kappa shape index (κ2) is 10.5. The highest BCUT2D eigenvalue weighted by molar-refractivity contribution is 5.73. The summed E-state index contributed by atoms with van der Waals surface area (Å²) in [6.45, 7) is 11.6. The van der Waals surface area contributed by atoms with E-state index in [1.807, 2.05) is 32.6 Å². The van der Waals surface area contributed by atoms with Crippen LogP contribution in [0.4, 0.5) is 0 Å². The molecular weight excluding hydrogens is 150 g/mol. The molecule has 0 aliphatic carbocycles. The molecule has 74 valence electrons. The molecule has 2 heteroatoms. The number of rotatable bonds is 0. The lowest BCUT2D eigenvalue weighted by Crippen LogP contribution is -2.24. The Morgan fingerprint density at radius 3 is 1.50 bits per heavy atom. The minimum absolute atomic E-state index is 0.225. The van der Waals surface area contributed by atoms with E-state index < -0.39 is 0 Å². The van der Waals surface area contributed by atoms with Crippen LogP contribution in [-0.4, -0.2) is 23.9 Å². The molecule has 2 nitrogen and oxygen atoms in total. The van der Waals surface area contributed by atoms with Crippen molar-refractivity contribution in [2.45, 2.75) is 47.5 Å². The lowest BCUT2D eigenvalue weighted by molar-refractivity contribution is -0.127. The van der Waals surface area contributed by atoms with Crippen molar-refractivity contribution in [3.8, 4) is 0 Å². The quantitative estimate of drug-likeness (QED) is 0.551. The Morgan fingerprint density at radius 1 is 1.00 bits per heavy atom. The van der Waals surface area contributed by atoms with Crippen LogP contribution in [0.2, 0.25) is 0 Å². The molecule has 0 saturated carbocycles. The summed E-state index contributed by atoms with van der Waals surface area (Å²) in [5.41, 5.74) is 0. The molecule has 1 saturated heterocycles. The van der Waals surface area contributed by atoms with Gasteiger partial charge in [0.05, 0.1) is 0 Å². The topological polar surface area (TPSA) is 20.3 Å². The van der Waals surface area contributed by atoms with Gasteiger partial charge < -0.3 is 4.90 Å². The summed E-state index contributed by atoms with van der Waals surface area (Å²) in [5, 5.41) is 0. The number of amides is 1. The Bertz CT molecular complexity index is 96.0. The molecule has 1 amide bonds. The highest BCUT2D eigenvalue weighted by Crippen LogP contribution is 2.05. The summed E-state index contributed by atoms with van der Waals surface area (Å²) in [6, 6.07) is 0. The zero-order chi connectivity index (χ0) is 9.98. The standard InChI is InChI=1S/C6H11NO.2C2H6/c1-6(8)7-4-2-3-5-7;2*1-2/h2-5H2,1H3;2*1-2H3. The minimum atomic E-state index is 0.225. The summed E-state index contributed by atoms with van der Waals surface area (Å²) in [4.78, 5) is 12.5. The first-order valence-electron chi connectivity index (χ1n) is 5.06. The zero-order valence-electron chi connectivity index (χ0n) is 9.18. The minimum Gasteiger partial charge on any atom is -0.343 e. The van der Waals surface area contributed by atoms with Crippen LogP contribution < -0.4 is 0 Å². The van der Waals surface area contributed by atoms with Crippen LogP contribution in [0.3, 0.4) is 0 Å². The Morgan fingerprint density at radius 2 is 1.33 bits per heavy atom. The normalized spacial score (nSPS) is 13.9. The van der Waals surface area contributed by atoms with Crippen molar-refractivity contribution in [3.63, 3.8) is 0 Å². The van der Waals surface area contributed by atoms with Crippen molar-refractivity contribution < 1.29 is 4.79 Å². The van der Waals surface area contributed by atoms with E-state index >= 15 is 0 Å². The van der Waals surface area contributed by atoms with Gasteiger partial charge in [0.2, 0.25) is 5.91 Å². The third-order valence-electron chi connectivity index (χ3n) is 1.55. The Balaban J connectivity index is 0. The lowest BCUT2D eigenvalue weighted by atomic mass is 10.4. The summed E-state index contributed by atoms with van der Waals surface area (Å²) in [5.74, 6) is 0.225. The molecule has 0 aromatic heterocycles. The van der Waals surface area contributed by atoms with Gasteiger partial charge in [-0.3, -0.25) is 4.79 Å². The average molecular weight is 173 g/mol. The van der Waals surface area contributed by atoms with E-state index in [9.17, 15) is 4.79 Å². The van der Waals surface area contributed by atoms with Crippen molar-refractivity contribution in [2.75, 3.05) is 13.1 Å². The van der Waals surface area contributed by atoms with E-state index in [0.29, 0.717) is 0 Å². The van der Waals surface area contributed by atoms with Gasteiger partial charge in [-0.05, 0) is 12.8 Å². The Labute approximate surface area is 77.0 Å². The largest absolute Gasteiger partial charge is 0.343 e. The van der Waals surface area contributed by atoms with Crippen molar-refractivity contribution in [1.29, 1.82) is 0 Å². The highest BCUT2D eigenvalue weighted by atomic mass is 16.2. The van der Waals surface area contributed by atoms with Crippen LogP contribution in [0.5, 0.6) is 0 Å². The van der Waals surface area contributed by atoms with Gasteiger partial charge in [-0.2, -0.15) is 0 Å². The van der Waals surface area contributed by atoms with Crippen molar-refractivity contribution in [2.24, 2.45) is 0 Å². The van der Waals surface area contributed by atoms with Crippen molar-refractivity contribution in [3.05, 3.63) is 0 Å². The van der Waals surface area contributed by atoms with Gasteiger partial charge in [0.25, 0.3) is 0 Å². The molecule has 0 unspecified atom stereocenters. The number of carbonyl (C=O) groups is 1. The fraction of sp³-hybridized carbons (Fsp3) is 0.900. The molecule has 0 aromatic carbocycles. The molecular formula is C10H23NO. The highest BCUT2D eigenvalue weighted by Gasteiger charge is 2.12. The summed E-state index contributed by atoms with van der Waals surface area (Å²) >= 11 is 0. The predicted octanol–water partition coefficient (Wildman–Crippen LogP) is 2.68. The first kappa shape index (κ1) is 14.0. The van der Waals surface area contributed by atoms with Crippen molar-refractivity contribution in [1.82, 2.24) is 4.90 Å². The molecule has 1 heterocycles. The number of nitrogens with zero attached hydrogens (tertiary/aromatic N) is 1. The molecule has 1 rings (SSSR count). The van der Waals surface area contributed by atoms with E-state index in [-0.39, 0.29) is 5.91 Å². The molecule has 1 aliphatic heterocycles. The zero-order valence-corrected chi connectivity index (χ0v) is 9.18. The van der Waals surface area contributed by atoms with E-state index in [2.05, 4.69) is 0 Å². The van der Waals surface area contributed by atoms with Gasteiger partial charge in [-0.15, -0.1) is 0 Å². The first-order valence-corrected chi connectivity index (χ1v) is 5.06. The van der Waals surface area contributed by atoms with Crippen LogP contribution in [0, 0.1) is 0 Å². The smallest absolute Gasteiger partial charge is 0.219 e. The van der Waals surface area contributed by atoms with Gasteiger partial charge in [-0.25, -0.2) is 0 Å².